The van der Waals surface area contributed by atoms with Crippen molar-refractivity contribution in [2.45, 2.75) is 31.1 Å². The molecule has 0 radical (unpaired) electrons. The quantitative estimate of drug-likeness (QED) is 0.862. The van der Waals surface area contributed by atoms with Crippen molar-refractivity contribution in [1.29, 1.82) is 0 Å². The van der Waals surface area contributed by atoms with E-state index < -0.39 is 5.91 Å². The molecule has 120 valence electrons. The van der Waals surface area contributed by atoms with Crippen LogP contribution >= 0.6 is 23.4 Å². The number of rotatable bonds is 4. The monoisotopic (exact) mass is 349 g/mol. The summed E-state index contributed by atoms with van der Waals surface area (Å²) >= 11 is 7.42. The number of hydrogen-bond acceptors (Lipinski definition) is 4. The van der Waals surface area contributed by atoms with E-state index in [0.29, 0.717) is 23.1 Å². The van der Waals surface area contributed by atoms with Gasteiger partial charge in [0.15, 0.2) is 5.16 Å². The lowest BCUT2D eigenvalue weighted by Crippen LogP contribution is -2.35. The molecule has 2 heterocycles. The van der Waals surface area contributed by atoms with Gasteiger partial charge in [0.05, 0.1) is 6.04 Å². The molecule has 1 amide bonds. The lowest BCUT2D eigenvalue weighted by Gasteiger charge is -2.17. The number of hydrogen-bond donors (Lipinski definition) is 1. The van der Waals surface area contributed by atoms with Crippen LogP contribution in [0.4, 0.5) is 0 Å². The molecule has 0 aliphatic carbocycles. The van der Waals surface area contributed by atoms with E-state index in [1.165, 1.54) is 18.0 Å². The van der Waals surface area contributed by atoms with E-state index in [0.717, 1.165) is 11.3 Å². The van der Waals surface area contributed by atoms with E-state index in [2.05, 4.69) is 10.3 Å². The van der Waals surface area contributed by atoms with Gasteiger partial charge in [0, 0.05) is 23.5 Å². The Morgan fingerprint density at radius 2 is 2.17 bits per heavy atom. The first-order valence-electron chi connectivity index (χ1n) is 7.39. The fraction of sp³-hybridized carbons (Fsp3) is 0.312. The molecule has 1 N–H and O–H groups in total. The minimum Gasteiger partial charge on any atom is -0.345 e. The average molecular weight is 350 g/mol. The summed E-state index contributed by atoms with van der Waals surface area (Å²) in [7, 11) is 0. The molecule has 5 nitrogen and oxygen atoms in total. The standard InChI is InChI=1S/C16H16ClN3O2S/c1-2-13(10-3-5-11(17)6-4-10)19-14(21)12-9-18-16-20(15(12)22)7-8-23-16/h3-6,9,13H,2,7-8H2,1H3,(H,19,21). The van der Waals surface area contributed by atoms with Crippen molar-refractivity contribution >= 4 is 29.3 Å². The van der Waals surface area contributed by atoms with Gasteiger partial charge in [0.25, 0.3) is 11.5 Å². The highest BCUT2D eigenvalue weighted by molar-refractivity contribution is 7.99. The Morgan fingerprint density at radius 3 is 2.87 bits per heavy atom. The zero-order valence-electron chi connectivity index (χ0n) is 12.6. The zero-order chi connectivity index (χ0) is 16.4. The lowest BCUT2D eigenvalue weighted by molar-refractivity contribution is 0.0932. The molecule has 0 saturated carbocycles. The summed E-state index contributed by atoms with van der Waals surface area (Å²) in [6.45, 7) is 2.57. The van der Waals surface area contributed by atoms with Crippen molar-refractivity contribution in [2.75, 3.05) is 5.75 Å². The van der Waals surface area contributed by atoms with Crippen LogP contribution in [0, 0.1) is 0 Å². The molecule has 1 aromatic carbocycles. The van der Waals surface area contributed by atoms with Crippen LogP contribution in [-0.4, -0.2) is 21.2 Å². The van der Waals surface area contributed by atoms with Crippen LogP contribution in [0.5, 0.6) is 0 Å². The summed E-state index contributed by atoms with van der Waals surface area (Å²) in [4.78, 5) is 29.1. The molecule has 23 heavy (non-hydrogen) atoms. The van der Waals surface area contributed by atoms with Gasteiger partial charge in [-0.05, 0) is 24.1 Å². The van der Waals surface area contributed by atoms with Gasteiger partial charge < -0.3 is 5.32 Å². The third-order valence-electron chi connectivity index (χ3n) is 3.79. The fourth-order valence-electron chi connectivity index (χ4n) is 2.53. The molecule has 1 aliphatic heterocycles. The number of nitrogens with one attached hydrogen (secondary N) is 1. The molecule has 3 rings (SSSR count). The van der Waals surface area contributed by atoms with Crippen LogP contribution in [0.3, 0.4) is 0 Å². The highest BCUT2D eigenvalue weighted by atomic mass is 35.5. The topological polar surface area (TPSA) is 64.0 Å². The van der Waals surface area contributed by atoms with Crippen LogP contribution in [0.2, 0.25) is 5.02 Å². The zero-order valence-corrected chi connectivity index (χ0v) is 14.2. The average Bonchev–Trinajstić information content (AvgIpc) is 3.03. The van der Waals surface area contributed by atoms with Crippen molar-refractivity contribution < 1.29 is 4.79 Å². The second kappa shape index (κ2) is 6.76. The maximum atomic E-state index is 12.5. The molecule has 1 aliphatic rings. The Labute approximate surface area is 143 Å². The molecule has 0 fully saturated rings. The molecule has 0 bridgehead atoms. The molecule has 7 heteroatoms. The Morgan fingerprint density at radius 1 is 1.43 bits per heavy atom. The highest BCUT2D eigenvalue weighted by Gasteiger charge is 2.21. The van der Waals surface area contributed by atoms with E-state index in [-0.39, 0.29) is 17.2 Å². The maximum absolute atomic E-state index is 12.5. The van der Waals surface area contributed by atoms with Gasteiger partial charge in [-0.25, -0.2) is 4.98 Å². The number of aromatic nitrogens is 2. The van der Waals surface area contributed by atoms with E-state index in [1.807, 2.05) is 19.1 Å². The second-order valence-corrected chi connectivity index (χ2v) is 6.74. The Balaban J connectivity index is 1.83. The van der Waals surface area contributed by atoms with Crippen molar-refractivity contribution in [1.82, 2.24) is 14.9 Å². The summed E-state index contributed by atoms with van der Waals surface area (Å²) in [5, 5.41) is 4.23. The minimum atomic E-state index is -0.392. The molecule has 2 aromatic rings. The molecule has 1 atom stereocenters. The number of carbonyl (C=O) groups excluding carboxylic acids is 1. The highest BCUT2D eigenvalue weighted by Crippen LogP contribution is 2.21. The maximum Gasteiger partial charge on any atom is 0.267 e. The van der Waals surface area contributed by atoms with Crippen molar-refractivity contribution in [3.8, 4) is 0 Å². The smallest absolute Gasteiger partial charge is 0.267 e. The van der Waals surface area contributed by atoms with Crippen LogP contribution in [0.25, 0.3) is 0 Å². The lowest BCUT2D eigenvalue weighted by atomic mass is 10.0. The molecule has 1 unspecified atom stereocenters. The van der Waals surface area contributed by atoms with E-state index in [4.69, 9.17) is 11.6 Å². The summed E-state index contributed by atoms with van der Waals surface area (Å²) < 4.78 is 1.56. The fourth-order valence-corrected chi connectivity index (χ4v) is 3.57. The molecule has 0 saturated heterocycles. The van der Waals surface area contributed by atoms with Gasteiger partial charge in [0.2, 0.25) is 0 Å². The summed E-state index contributed by atoms with van der Waals surface area (Å²) in [6, 6.07) is 7.15. The van der Waals surface area contributed by atoms with Crippen molar-refractivity contribution in [3.63, 3.8) is 0 Å². The van der Waals surface area contributed by atoms with Gasteiger partial charge in [-0.2, -0.15) is 0 Å². The molecular weight excluding hydrogens is 334 g/mol. The number of benzene rings is 1. The van der Waals surface area contributed by atoms with Gasteiger partial charge in [-0.15, -0.1) is 0 Å². The van der Waals surface area contributed by atoms with Crippen LogP contribution in [-0.2, 0) is 6.54 Å². The normalized spacial score (nSPS) is 14.3. The first-order chi connectivity index (χ1) is 11.1. The number of fused-ring (bicyclic) bond motifs is 1. The second-order valence-electron chi connectivity index (χ2n) is 5.25. The molecular formula is C16H16ClN3O2S. The number of nitrogens with zero attached hydrogens (tertiary/aromatic N) is 2. The van der Waals surface area contributed by atoms with E-state index >= 15 is 0 Å². The summed E-state index contributed by atoms with van der Waals surface area (Å²) in [5.41, 5.74) is 0.766. The predicted octanol–water partition coefficient (Wildman–Crippen LogP) is 2.88. The first-order valence-corrected chi connectivity index (χ1v) is 8.75. The number of amides is 1. The van der Waals surface area contributed by atoms with E-state index in [1.54, 1.807) is 16.7 Å². The van der Waals surface area contributed by atoms with Crippen LogP contribution in [0.1, 0.15) is 35.3 Å². The molecule has 0 spiro atoms. The Kier molecular flexibility index (Phi) is 4.73. The van der Waals surface area contributed by atoms with Gasteiger partial charge >= 0.3 is 0 Å². The third-order valence-corrected chi connectivity index (χ3v) is 5.01. The first kappa shape index (κ1) is 16.1. The van der Waals surface area contributed by atoms with Gasteiger partial charge in [-0.3, -0.25) is 14.2 Å². The largest absolute Gasteiger partial charge is 0.345 e. The van der Waals surface area contributed by atoms with E-state index in [9.17, 15) is 9.59 Å². The summed E-state index contributed by atoms with van der Waals surface area (Å²) in [6.07, 6.45) is 2.08. The minimum absolute atomic E-state index is 0.0867. The van der Waals surface area contributed by atoms with Gasteiger partial charge in [0.1, 0.15) is 5.56 Å². The number of carbonyl (C=O) groups is 1. The SMILES string of the molecule is CCC(NC(=O)c1cnc2n(c1=O)CCS2)c1ccc(Cl)cc1. The number of halogens is 1. The predicted molar refractivity (Wildman–Crippen MR) is 91.2 cm³/mol. The Hall–Kier alpha value is -1.79. The van der Waals surface area contributed by atoms with Crippen LogP contribution < -0.4 is 10.9 Å². The Bertz CT molecular complexity index is 789. The number of thioether (sulfide) groups is 1. The van der Waals surface area contributed by atoms with Crippen molar-refractivity contribution in [3.05, 3.63) is 57.0 Å². The van der Waals surface area contributed by atoms with Gasteiger partial charge in [-0.1, -0.05) is 42.4 Å². The third kappa shape index (κ3) is 3.28. The molecule has 1 aromatic heterocycles. The van der Waals surface area contributed by atoms with Crippen LogP contribution in [0.15, 0.2) is 40.4 Å². The summed E-state index contributed by atoms with van der Waals surface area (Å²) in [5.74, 6) is 0.423. The van der Waals surface area contributed by atoms with Crippen molar-refractivity contribution in [2.24, 2.45) is 0 Å².